The lowest BCUT2D eigenvalue weighted by atomic mass is 10.0. The van der Waals surface area contributed by atoms with Crippen molar-refractivity contribution in [1.29, 1.82) is 0 Å². The molecule has 1 saturated carbocycles. The van der Waals surface area contributed by atoms with Gasteiger partial charge in [0.25, 0.3) is 5.91 Å². The van der Waals surface area contributed by atoms with Crippen molar-refractivity contribution in [1.82, 2.24) is 24.9 Å². The number of halogens is 2. The van der Waals surface area contributed by atoms with Gasteiger partial charge in [-0.1, -0.05) is 0 Å². The molecular formula is C19H18F2N6O. The first-order valence-corrected chi connectivity index (χ1v) is 9.33. The predicted molar refractivity (Wildman–Crippen MR) is 96.9 cm³/mol. The quantitative estimate of drug-likeness (QED) is 0.749. The molecule has 2 aromatic heterocycles. The Bertz CT molecular complexity index is 1060. The maximum Gasteiger partial charge on any atom is 0.256 e. The Balaban J connectivity index is 1.51. The highest BCUT2D eigenvalue weighted by Crippen LogP contribution is 2.36. The standard InChI is InChI=1S/C19H18F2N6O/c20-11-3-6-15(21)13(8-11)16-2-1-7-26(16)19-22-10-27-17(25-19)14(9-23-27)18(28)24-12-4-5-12/h3,6,8-10,12,16H,1-2,4-5,7H2,(H,24,28)/t16-/m1/s1. The van der Waals surface area contributed by atoms with E-state index in [1.165, 1.54) is 23.1 Å². The highest BCUT2D eigenvalue weighted by molar-refractivity contribution is 6.00. The molecule has 5 rings (SSSR count). The fourth-order valence-electron chi connectivity index (χ4n) is 3.67. The number of hydrogen-bond donors (Lipinski definition) is 1. The van der Waals surface area contributed by atoms with E-state index in [4.69, 9.17) is 0 Å². The van der Waals surface area contributed by atoms with Gasteiger partial charge in [0.05, 0.1) is 12.2 Å². The van der Waals surface area contributed by atoms with Crippen LogP contribution >= 0.6 is 0 Å². The van der Waals surface area contributed by atoms with Gasteiger partial charge in [-0.2, -0.15) is 10.1 Å². The van der Waals surface area contributed by atoms with Crippen LogP contribution < -0.4 is 10.2 Å². The molecule has 2 fully saturated rings. The number of carbonyl (C=O) groups excluding carboxylic acids is 1. The SMILES string of the molecule is O=C(NC1CC1)c1cnn2cnc(N3CCC[C@@H]3c3cc(F)ccc3F)nc12. The molecule has 3 heterocycles. The number of benzene rings is 1. The Morgan fingerprint density at radius 3 is 2.89 bits per heavy atom. The lowest BCUT2D eigenvalue weighted by Gasteiger charge is -2.25. The van der Waals surface area contributed by atoms with E-state index in [-0.39, 0.29) is 18.0 Å². The molecule has 1 aliphatic carbocycles. The number of nitrogens with zero attached hydrogens (tertiary/aromatic N) is 5. The molecule has 2 aliphatic rings. The van der Waals surface area contributed by atoms with Gasteiger partial charge in [-0.3, -0.25) is 4.79 Å². The van der Waals surface area contributed by atoms with Gasteiger partial charge >= 0.3 is 0 Å². The van der Waals surface area contributed by atoms with Gasteiger partial charge in [0.15, 0.2) is 5.65 Å². The maximum absolute atomic E-state index is 14.3. The van der Waals surface area contributed by atoms with Crippen molar-refractivity contribution in [2.45, 2.75) is 37.8 Å². The number of aromatic nitrogens is 4. The minimum atomic E-state index is -0.477. The first-order valence-electron chi connectivity index (χ1n) is 9.33. The van der Waals surface area contributed by atoms with Crippen molar-refractivity contribution in [2.24, 2.45) is 0 Å². The van der Waals surface area contributed by atoms with Crippen LogP contribution in [0.25, 0.3) is 5.65 Å². The summed E-state index contributed by atoms with van der Waals surface area (Å²) in [6.07, 6.45) is 6.41. The maximum atomic E-state index is 14.3. The zero-order valence-corrected chi connectivity index (χ0v) is 15.0. The van der Waals surface area contributed by atoms with Crippen LogP contribution in [0, 0.1) is 11.6 Å². The Kier molecular flexibility index (Phi) is 3.96. The van der Waals surface area contributed by atoms with Crippen LogP contribution in [0.4, 0.5) is 14.7 Å². The number of anilines is 1. The second-order valence-corrected chi connectivity index (χ2v) is 7.25. The van der Waals surface area contributed by atoms with Gasteiger partial charge in [0, 0.05) is 18.2 Å². The average molecular weight is 384 g/mol. The van der Waals surface area contributed by atoms with Crippen LogP contribution in [-0.2, 0) is 0 Å². The first kappa shape index (κ1) is 17.0. The molecule has 1 N–H and O–H groups in total. The Morgan fingerprint density at radius 2 is 2.07 bits per heavy atom. The topological polar surface area (TPSA) is 75.4 Å². The van der Waals surface area contributed by atoms with Crippen molar-refractivity contribution in [3.8, 4) is 0 Å². The minimum Gasteiger partial charge on any atom is -0.349 e. The highest BCUT2D eigenvalue weighted by atomic mass is 19.1. The summed E-state index contributed by atoms with van der Waals surface area (Å²) in [5, 5.41) is 7.07. The van der Waals surface area contributed by atoms with E-state index in [1.54, 1.807) is 0 Å². The largest absolute Gasteiger partial charge is 0.349 e. The van der Waals surface area contributed by atoms with E-state index in [0.717, 1.165) is 31.4 Å². The molecule has 3 aromatic rings. The average Bonchev–Trinajstić information content (AvgIpc) is 3.20. The monoisotopic (exact) mass is 384 g/mol. The molecule has 28 heavy (non-hydrogen) atoms. The third-order valence-corrected chi connectivity index (χ3v) is 5.24. The summed E-state index contributed by atoms with van der Waals surface area (Å²) in [7, 11) is 0. The molecule has 1 aromatic carbocycles. The van der Waals surface area contributed by atoms with E-state index in [1.807, 2.05) is 4.90 Å². The van der Waals surface area contributed by atoms with Gasteiger partial charge < -0.3 is 10.2 Å². The van der Waals surface area contributed by atoms with Crippen molar-refractivity contribution in [3.05, 3.63) is 53.5 Å². The van der Waals surface area contributed by atoms with E-state index in [9.17, 15) is 13.6 Å². The third-order valence-electron chi connectivity index (χ3n) is 5.24. The van der Waals surface area contributed by atoms with Crippen molar-refractivity contribution < 1.29 is 13.6 Å². The Labute approximate surface area is 159 Å². The second-order valence-electron chi connectivity index (χ2n) is 7.25. The number of carbonyl (C=O) groups is 1. The summed E-state index contributed by atoms with van der Waals surface area (Å²) in [6.45, 7) is 0.620. The van der Waals surface area contributed by atoms with E-state index < -0.39 is 11.6 Å². The summed E-state index contributed by atoms with van der Waals surface area (Å²) in [5.74, 6) is -0.765. The number of rotatable bonds is 4. The molecule has 0 unspecified atom stereocenters. The molecule has 0 spiro atoms. The molecule has 1 aliphatic heterocycles. The van der Waals surface area contributed by atoms with Crippen LogP contribution in [0.15, 0.2) is 30.7 Å². The van der Waals surface area contributed by atoms with Crippen molar-refractivity contribution in [3.63, 3.8) is 0 Å². The lowest BCUT2D eigenvalue weighted by Crippen LogP contribution is -2.27. The third kappa shape index (κ3) is 2.96. The summed E-state index contributed by atoms with van der Waals surface area (Å²) < 4.78 is 29.4. The summed E-state index contributed by atoms with van der Waals surface area (Å²) >= 11 is 0. The zero-order valence-electron chi connectivity index (χ0n) is 15.0. The zero-order chi connectivity index (χ0) is 19.3. The molecule has 9 heteroatoms. The van der Waals surface area contributed by atoms with Crippen LogP contribution in [0.1, 0.15) is 47.6 Å². The fraction of sp³-hybridized carbons (Fsp3) is 0.368. The van der Waals surface area contributed by atoms with Crippen LogP contribution in [-0.4, -0.2) is 38.1 Å². The molecular weight excluding hydrogens is 366 g/mol. The van der Waals surface area contributed by atoms with Crippen LogP contribution in [0.2, 0.25) is 0 Å². The highest BCUT2D eigenvalue weighted by Gasteiger charge is 2.31. The molecule has 1 saturated heterocycles. The number of nitrogens with one attached hydrogen (secondary N) is 1. The first-order chi connectivity index (χ1) is 13.6. The summed E-state index contributed by atoms with van der Waals surface area (Å²) in [5.41, 5.74) is 1.07. The van der Waals surface area contributed by atoms with E-state index in [2.05, 4.69) is 20.4 Å². The number of amides is 1. The number of fused-ring (bicyclic) bond motifs is 1. The van der Waals surface area contributed by atoms with Crippen molar-refractivity contribution >= 4 is 17.5 Å². The van der Waals surface area contributed by atoms with E-state index >= 15 is 0 Å². The Hall–Kier alpha value is -3.10. The van der Waals surface area contributed by atoms with Crippen molar-refractivity contribution in [2.75, 3.05) is 11.4 Å². The molecule has 0 radical (unpaired) electrons. The lowest BCUT2D eigenvalue weighted by molar-refractivity contribution is 0.0952. The normalized spacial score (nSPS) is 19.4. The summed E-state index contributed by atoms with van der Waals surface area (Å²) in [6, 6.07) is 3.34. The second kappa shape index (κ2) is 6.50. The van der Waals surface area contributed by atoms with Crippen LogP contribution in [0.3, 0.4) is 0 Å². The van der Waals surface area contributed by atoms with Gasteiger partial charge in [0.2, 0.25) is 5.95 Å². The van der Waals surface area contributed by atoms with Gasteiger partial charge in [-0.05, 0) is 43.9 Å². The minimum absolute atomic E-state index is 0.212. The summed E-state index contributed by atoms with van der Waals surface area (Å²) in [4.78, 5) is 23.2. The molecule has 1 atom stereocenters. The fourth-order valence-corrected chi connectivity index (χ4v) is 3.67. The Morgan fingerprint density at radius 1 is 1.21 bits per heavy atom. The smallest absolute Gasteiger partial charge is 0.256 e. The molecule has 7 nitrogen and oxygen atoms in total. The predicted octanol–water partition coefficient (Wildman–Crippen LogP) is 2.64. The molecule has 0 bridgehead atoms. The van der Waals surface area contributed by atoms with E-state index in [0.29, 0.717) is 35.7 Å². The molecule has 1 amide bonds. The van der Waals surface area contributed by atoms with Gasteiger partial charge in [-0.15, -0.1) is 0 Å². The number of hydrogen-bond acceptors (Lipinski definition) is 5. The molecule has 144 valence electrons. The van der Waals surface area contributed by atoms with Gasteiger partial charge in [0.1, 0.15) is 23.5 Å². The van der Waals surface area contributed by atoms with Crippen LogP contribution in [0.5, 0.6) is 0 Å². The van der Waals surface area contributed by atoms with Gasteiger partial charge in [-0.25, -0.2) is 18.3 Å².